The van der Waals surface area contributed by atoms with E-state index < -0.39 is 4.92 Å². The first-order valence-electron chi connectivity index (χ1n) is 4.87. The first-order chi connectivity index (χ1) is 8.97. The maximum Gasteiger partial charge on any atom is 0.349 e. The summed E-state index contributed by atoms with van der Waals surface area (Å²) in [4.78, 5) is 17.4. The van der Waals surface area contributed by atoms with Crippen molar-refractivity contribution >= 4 is 39.2 Å². The Kier molecular flexibility index (Phi) is 3.82. The minimum atomic E-state index is -0.654. The lowest BCUT2D eigenvalue weighted by Gasteiger charge is -2.07. The van der Waals surface area contributed by atoms with Crippen LogP contribution in [0.2, 0.25) is 5.02 Å². The topological polar surface area (TPSA) is 104 Å². The molecule has 0 atom stereocenters. The Morgan fingerprint density at radius 2 is 2.21 bits per heavy atom. The average molecular weight is 346 g/mol. The summed E-state index contributed by atoms with van der Waals surface area (Å²) in [6.45, 7) is 0. The van der Waals surface area contributed by atoms with E-state index in [4.69, 9.17) is 22.1 Å². The molecule has 0 fully saturated rings. The van der Waals surface area contributed by atoms with Crippen molar-refractivity contribution in [3.05, 3.63) is 44.0 Å². The smallest absolute Gasteiger partial charge is 0.349 e. The van der Waals surface area contributed by atoms with Gasteiger partial charge < -0.3 is 10.5 Å². The SMILES string of the molecule is Nc1ncc([N+](=O)[O-])c(Oc2ccc(Cl)cc2Br)n1. The second-order valence-corrected chi connectivity index (χ2v) is 4.64. The van der Waals surface area contributed by atoms with Crippen LogP contribution in [0.25, 0.3) is 0 Å². The Labute approximate surface area is 120 Å². The molecule has 0 aliphatic carbocycles. The zero-order chi connectivity index (χ0) is 14.0. The molecule has 0 bridgehead atoms. The van der Waals surface area contributed by atoms with Gasteiger partial charge in [-0.25, -0.2) is 4.98 Å². The van der Waals surface area contributed by atoms with Crippen molar-refractivity contribution in [2.24, 2.45) is 0 Å². The van der Waals surface area contributed by atoms with Gasteiger partial charge in [0.15, 0.2) is 0 Å². The maximum absolute atomic E-state index is 10.8. The van der Waals surface area contributed by atoms with Gasteiger partial charge in [0, 0.05) is 5.02 Å². The predicted octanol–water partition coefficient (Wildman–Crippen LogP) is 3.18. The molecule has 7 nitrogen and oxygen atoms in total. The number of anilines is 1. The molecule has 0 aliphatic rings. The molecule has 0 aliphatic heterocycles. The molecule has 1 aromatic heterocycles. The van der Waals surface area contributed by atoms with Gasteiger partial charge in [0.1, 0.15) is 11.9 Å². The maximum atomic E-state index is 10.8. The molecule has 9 heteroatoms. The lowest BCUT2D eigenvalue weighted by atomic mass is 10.3. The van der Waals surface area contributed by atoms with Crippen molar-refractivity contribution in [2.45, 2.75) is 0 Å². The molecule has 0 saturated heterocycles. The number of nitrogens with two attached hydrogens (primary N) is 1. The van der Waals surface area contributed by atoms with Crippen LogP contribution in [-0.4, -0.2) is 14.9 Å². The number of aromatic nitrogens is 2. The minimum absolute atomic E-state index is 0.120. The molecular formula is C10H6BrClN4O3. The van der Waals surface area contributed by atoms with Crippen LogP contribution in [0, 0.1) is 10.1 Å². The summed E-state index contributed by atoms with van der Waals surface area (Å²) in [7, 11) is 0. The van der Waals surface area contributed by atoms with Crippen LogP contribution in [0.3, 0.4) is 0 Å². The number of ether oxygens (including phenoxy) is 1. The number of hydrogen-bond donors (Lipinski definition) is 1. The van der Waals surface area contributed by atoms with Gasteiger partial charge in [0.2, 0.25) is 5.95 Å². The fourth-order valence-corrected chi connectivity index (χ4v) is 2.00. The van der Waals surface area contributed by atoms with Crippen molar-refractivity contribution in [2.75, 3.05) is 5.73 Å². The van der Waals surface area contributed by atoms with Crippen LogP contribution in [0.15, 0.2) is 28.9 Å². The van der Waals surface area contributed by atoms with Crippen LogP contribution in [0.5, 0.6) is 11.6 Å². The largest absolute Gasteiger partial charge is 0.432 e. The minimum Gasteiger partial charge on any atom is -0.432 e. The molecule has 0 radical (unpaired) electrons. The van der Waals surface area contributed by atoms with Crippen molar-refractivity contribution in [1.82, 2.24) is 9.97 Å². The van der Waals surface area contributed by atoms with Gasteiger partial charge in [0.25, 0.3) is 0 Å². The van der Waals surface area contributed by atoms with E-state index in [-0.39, 0.29) is 17.5 Å². The van der Waals surface area contributed by atoms with E-state index in [1.165, 1.54) is 0 Å². The summed E-state index contributed by atoms with van der Waals surface area (Å²) in [5.41, 5.74) is 5.01. The van der Waals surface area contributed by atoms with E-state index in [1.807, 2.05) is 0 Å². The van der Waals surface area contributed by atoms with Gasteiger partial charge >= 0.3 is 11.6 Å². The van der Waals surface area contributed by atoms with Crippen LogP contribution in [0.4, 0.5) is 11.6 Å². The first-order valence-corrected chi connectivity index (χ1v) is 6.04. The van der Waals surface area contributed by atoms with E-state index in [0.717, 1.165) is 6.20 Å². The molecular weight excluding hydrogens is 339 g/mol. The van der Waals surface area contributed by atoms with Gasteiger partial charge in [-0.15, -0.1) is 0 Å². The lowest BCUT2D eigenvalue weighted by Crippen LogP contribution is -2.01. The zero-order valence-electron chi connectivity index (χ0n) is 9.21. The highest BCUT2D eigenvalue weighted by atomic mass is 79.9. The second-order valence-electron chi connectivity index (χ2n) is 3.35. The normalized spacial score (nSPS) is 10.2. The van der Waals surface area contributed by atoms with Crippen molar-refractivity contribution in [1.29, 1.82) is 0 Å². The van der Waals surface area contributed by atoms with Gasteiger partial charge in [-0.2, -0.15) is 4.98 Å². The molecule has 98 valence electrons. The number of nitrogens with zero attached hydrogens (tertiary/aromatic N) is 3. The highest BCUT2D eigenvalue weighted by molar-refractivity contribution is 9.10. The number of benzene rings is 1. The van der Waals surface area contributed by atoms with Crippen LogP contribution < -0.4 is 10.5 Å². The summed E-state index contributed by atoms with van der Waals surface area (Å²) in [6.07, 6.45) is 0.988. The Balaban J connectivity index is 2.42. The van der Waals surface area contributed by atoms with Crippen LogP contribution in [-0.2, 0) is 0 Å². The molecule has 0 spiro atoms. The molecule has 0 saturated carbocycles. The van der Waals surface area contributed by atoms with Gasteiger partial charge in [-0.05, 0) is 34.1 Å². The third-order valence-corrected chi connectivity index (χ3v) is 2.91. The zero-order valence-corrected chi connectivity index (χ0v) is 11.6. The molecule has 2 aromatic rings. The van der Waals surface area contributed by atoms with E-state index >= 15 is 0 Å². The number of hydrogen-bond acceptors (Lipinski definition) is 6. The number of nitro groups is 1. The van der Waals surface area contributed by atoms with Gasteiger partial charge in [-0.3, -0.25) is 10.1 Å². The fourth-order valence-electron chi connectivity index (χ4n) is 1.24. The van der Waals surface area contributed by atoms with E-state index in [1.54, 1.807) is 18.2 Å². The van der Waals surface area contributed by atoms with Crippen LogP contribution in [0.1, 0.15) is 0 Å². The lowest BCUT2D eigenvalue weighted by molar-refractivity contribution is -0.386. The Hall–Kier alpha value is -1.93. The Morgan fingerprint density at radius 3 is 2.84 bits per heavy atom. The number of halogens is 2. The number of nitrogen functional groups attached to an aromatic ring is 1. The van der Waals surface area contributed by atoms with Gasteiger partial charge in [0.05, 0.1) is 9.40 Å². The van der Waals surface area contributed by atoms with Crippen molar-refractivity contribution < 1.29 is 9.66 Å². The standard InChI is InChI=1S/C10H6BrClN4O3/c11-6-3-5(12)1-2-8(6)19-9-7(16(17)18)4-14-10(13)15-9/h1-4H,(H2,13,14,15). The second kappa shape index (κ2) is 5.37. The van der Waals surface area contributed by atoms with Crippen molar-refractivity contribution in [3.8, 4) is 11.6 Å². The third-order valence-electron chi connectivity index (χ3n) is 2.05. The Morgan fingerprint density at radius 1 is 1.47 bits per heavy atom. The van der Waals surface area contributed by atoms with Crippen LogP contribution >= 0.6 is 27.5 Å². The predicted molar refractivity (Wildman–Crippen MR) is 72.3 cm³/mol. The average Bonchev–Trinajstić information content (AvgIpc) is 2.32. The summed E-state index contributed by atoms with van der Waals surface area (Å²) < 4.78 is 5.89. The highest BCUT2D eigenvalue weighted by Gasteiger charge is 2.19. The molecule has 2 N–H and O–H groups in total. The summed E-state index contributed by atoms with van der Waals surface area (Å²) in [6, 6.07) is 4.72. The molecule has 0 amide bonds. The first kappa shape index (κ1) is 13.5. The molecule has 0 unspecified atom stereocenters. The highest BCUT2D eigenvalue weighted by Crippen LogP contribution is 2.34. The quantitative estimate of drug-likeness (QED) is 0.676. The molecule has 2 rings (SSSR count). The summed E-state index contributed by atoms with van der Waals surface area (Å²) >= 11 is 9.02. The Bertz CT molecular complexity index is 653. The number of rotatable bonds is 3. The monoisotopic (exact) mass is 344 g/mol. The van der Waals surface area contributed by atoms with E-state index in [9.17, 15) is 10.1 Å². The molecule has 19 heavy (non-hydrogen) atoms. The third kappa shape index (κ3) is 3.09. The summed E-state index contributed by atoms with van der Waals surface area (Å²) in [5.74, 6) is -0.0307. The van der Waals surface area contributed by atoms with Gasteiger partial charge in [-0.1, -0.05) is 11.6 Å². The van der Waals surface area contributed by atoms with E-state index in [2.05, 4.69) is 25.9 Å². The van der Waals surface area contributed by atoms with E-state index in [0.29, 0.717) is 15.2 Å². The summed E-state index contributed by atoms with van der Waals surface area (Å²) in [5, 5.41) is 11.3. The molecule has 1 aromatic carbocycles. The molecule has 1 heterocycles. The van der Waals surface area contributed by atoms with Crippen molar-refractivity contribution in [3.63, 3.8) is 0 Å². The fraction of sp³-hybridized carbons (Fsp3) is 0.